The maximum Gasteiger partial charge on any atom is 0.211 e. The zero-order valence-electron chi connectivity index (χ0n) is 10.1. The Kier molecular flexibility index (Phi) is 2.58. The zero-order valence-corrected chi connectivity index (χ0v) is 10.1. The topological polar surface area (TPSA) is 73.1 Å². The number of hydrogen-bond donors (Lipinski definition) is 1. The lowest BCUT2D eigenvalue weighted by Gasteiger charge is -2.17. The van der Waals surface area contributed by atoms with Crippen LogP contribution in [0.5, 0.6) is 0 Å². The first-order chi connectivity index (χ1) is 7.97. The molecule has 0 unspecified atom stereocenters. The van der Waals surface area contributed by atoms with Crippen molar-refractivity contribution in [2.45, 2.75) is 27.2 Å². The Hall–Kier alpha value is -1.97. The van der Waals surface area contributed by atoms with Gasteiger partial charge < -0.3 is 5.73 Å². The second-order valence-electron chi connectivity index (χ2n) is 4.20. The molecule has 88 valence electrons. The molecule has 1 aliphatic carbocycles. The van der Waals surface area contributed by atoms with E-state index in [1.165, 1.54) is 0 Å². The average molecular weight is 230 g/mol. The van der Waals surface area contributed by atoms with E-state index in [-0.39, 0.29) is 23.0 Å². The van der Waals surface area contributed by atoms with Gasteiger partial charge in [0.1, 0.15) is 5.69 Å². The van der Waals surface area contributed by atoms with Crippen molar-refractivity contribution in [3.05, 3.63) is 39.9 Å². The number of aryl methyl sites for hydroxylation is 2. The first kappa shape index (κ1) is 11.5. The fourth-order valence-corrected chi connectivity index (χ4v) is 1.97. The van der Waals surface area contributed by atoms with Gasteiger partial charge in [-0.15, -0.1) is 0 Å². The first-order valence-electron chi connectivity index (χ1n) is 5.53. The predicted octanol–water partition coefficient (Wildman–Crippen LogP) is 1.56. The van der Waals surface area contributed by atoms with Crippen LogP contribution in [0.15, 0.2) is 17.3 Å². The molecular formula is C13H14N2O2. The van der Waals surface area contributed by atoms with Crippen molar-refractivity contribution in [3.63, 3.8) is 0 Å². The molecular weight excluding hydrogens is 216 g/mol. The van der Waals surface area contributed by atoms with E-state index in [4.69, 9.17) is 5.73 Å². The van der Waals surface area contributed by atoms with Crippen LogP contribution < -0.4 is 5.73 Å². The first-order valence-corrected chi connectivity index (χ1v) is 5.53. The smallest absolute Gasteiger partial charge is 0.211 e. The number of Topliss-reactive ketones (excluding diaryl/α,β-unsaturated/α-hetero) is 2. The van der Waals surface area contributed by atoms with Gasteiger partial charge in [-0.1, -0.05) is 6.92 Å². The van der Waals surface area contributed by atoms with E-state index >= 15 is 0 Å². The van der Waals surface area contributed by atoms with E-state index in [9.17, 15) is 9.59 Å². The monoisotopic (exact) mass is 230 g/mol. The summed E-state index contributed by atoms with van der Waals surface area (Å²) in [4.78, 5) is 28.2. The summed E-state index contributed by atoms with van der Waals surface area (Å²) in [5.74, 6) is -0.540. The van der Waals surface area contributed by atoms with E-state index in [0.29, 0.717) is 11.1 Å². The van der Waals surface area contributed by atoms with Gasteiger partial charge >= 0.3 is 0 Å². The molecule has 4 heteroatoms. The van der Waals surface area contributed by atoms with Crippen LogP contribution in [0.25, 0.3) is 0 Å². The highest BCUT2D eigenvalue weighted by Crippen LogP contribution is 2.24. The Balaban J connectivity index is 2.73. The molecule has 0 aliphatic heterocycles. The molecule has 0 spiro atoms. The van der Waals surface area contributed by atoms with Crippen LogP contribution in [0, 0.1) is 6.92 Å². The van der Waals surface area contributed by atoms with E-state index in [0.717, 1.165) is 17.7 Å². The molecule has 0 amide bonds. The van der Waals surface area contributed by atoms with Crippen LogP contribution in [0.2, 0.25) is 0 Å². The minimum Gasteiger partial charge on any atom is -0.395 e. The number of allylic oxidation sites excluding steroid dienone is 2. The Morgan fingerprint density at radius 2 is 1.88 bits per heavy atom. The van der Waals surface area contributed by atoms with Crippen LogP contribution >= 0.6 is 0 Å². The van der Waals surface area contributed by atoms with Gasteiger partial charge in [0.15, 0.2) is 0 Å². The average Bonchev–Trinajstić information content (AvgIpc) is 2.33. The standard InChI is InChI=1S/C13H14N2O2/c1-4-9-6(2)5-8-11(15-9)12(16)7(3)10(14)13(8)17/h5H,4,14H2,1-3H3. The van der Waals surface area contributed by atoms with Gasteiger partial charge in [0, 0.05) is 11.3 Å². The number of ketones is 2. The van der Waals surface area contributed by atoms with Crippen molar-refractivity contribution >= 4 is 11.6 Å². The number of aromatic nitrogens is 1. The Morgan fingerprint density at radius 1 is 1.24 bits per heavy atom. The molecule has 0 radical (unpaired) electrons. The largest absolute Gasteiger partial charge is 0.395 e. The molecule has 0 saturated carbocycles. The third-order valence-corrected chi connectivity index (χ3v) is 3.10. The summed E-state index contributed by atoms with van der Waals surface area (Å²) < 4.78 is 0. The summed E-state index contributed by atoms with van der Waals surface area (Å²) in [7, 11) is 0. The highest BCUT2D eigenvalue weighted by molar-refractivity contribution is 6.25. The number of nitrogens with two attached hydrogens (primary N) is 1. The van der Waals surface area contributed by atoms with E-state index < -0.39 is 0 Å². The Labute approximate surface area is 99.5 Å². The van der Waals surface area contributed by atoms with Crippen LogP contribution in [0.1, 0.15) is 46.0 Å². The van der Waals surface area contributed by atoms with Gasteiger partial charge in [0.25, 0.3) is 0 Å². The highest BCUT2D eigenvalue weighted by atomic mass is 16.1. The zero-order chi connectivity index (χ0) is 12.7. The lowest BCUT2D eigenvalue weighted by molar-refractivity contribution is 0.0969. The summed E-state index contributed by atoms with van der Waals surface area (Å²) in [5.41, 5.74) is 8.29. The van der Waals surface area contributed by atoms with Gasteiger partial charge in [-0.3, -0.25) is 9.59 Å². The molecule has 1 heterocycles. The van der Waals surface area contributed by atoms with Crippen molar-refractivity contribution in [1.29, 1.82) is 0 Å². The lowest BCUT2D eigenvalue weighted by Crippen LogP contribution is -2.27. The van der Waals surface area contributed by atoms with Crippen molar-refractivity contribution in [1.82, 2.24) is 4.98 Å². The molecule has 0 saturated heterocycles. The molecule has 0 bridgehead atoms. The number of carbonyl (C=O) groups excluding carboxylic acids is 2. The summed E-state index contributed by atoms with van der Waals surface area (Å²) in [6, 6.07) is 1.71. The second kappa shape index (κ2) is 3.80. The molecule has 1 aromatic heterocycles. The lowest BCUT2D eigenvalue weighted by atomic mass is 9.90. The highest BCUT2D eigenvalue weighted by Gasteiger charge is 2.30. The molecule has 1 aliphatic rings. The predicted molar refractivity (Wildman–Crippen MR) is 63.9 cm³/mol. The molecule has 0 fully saturated rings. The second-order valence-corrected chi connectivity index (χ2v) is 4.20. The molecule has 4 nitrogen and oxygen atoms in total. The number of nitrogens with zero attached hydrogens (tertiary/aromatic N) is 1. The fraction of sp³-hybridized carbons (Fsp3) is 0.308. The molecule has 2 rings (SSSR count). The molecule has 1 aromatic rings. The van der Waals surface area contributed by atoms with Crippen LogP contribution in [-0.2, 0) is 6.42 Å². The Bertz CT molecular complexity index is 571. The number of carbonyl (C=O) groups is 2. The molecule has 0 aromatic carbocycles. The normalized spacial score (nSPS) is 15.2. The van der Waals surface area contributed by atoms with Gasteiger partial charge in [-0.2, -0.15) is 0 Å². The molecule has 0 atom stereocenters. The third kappa shape index (κ3) is 1.56. The molecule has 17 heavy (non-hydrogen) atoms. The van der Waals surface area contributed by atoms with Gasteiger partial charge in [-0.25, -0.2) is 4.98 Å². The van der Waals surface area contributed by atoms with Gasteiger partial charge in [-0.05, 0) is 31.9 Å². The fourth-order valence-electron chi connectivity index (χ4n) is 1.97. The summed E-state index contributed by atoms with van der Waals surface area (Å²) >= 11 is 0. The summed E-state index contributed by atoms with van der Waals surface area (Å²) in [6.07, 6.45) is 0.735. The van der Waals surface area contributed by atoms with Crippen LogP contribution in [-0.4, -0.2) is 16.6 Å². The van der Waals surface area contributed by atoms with Gasteiger partial charge in [0.2, 0.25) is 11.6 Å². The number of hydrogen-bond acceptors (Lipinski definition) is 4. The van der Waals surface area contributed by atoms with Crippen molar-refractivity contribution in [2.24, 2.45) is 5.73 Å². The van der Waals surface area contributed by atoms with E-state index in [1.54, 1.807) is 13.0 Å². The van der Waals surface area contributed by atoms with Crippen LogP contribution in [0.3, 0.4) is 0 Å². The van der Waals surface area contributed by atoms with E-state index in [2.05, 4.69) is 4.98 Å². The number of rotatable bonds is 1. The van der Waals surface area contributed by atoms with Crippen molar-refractivity contribution < 1.29 is 9.59 Å². The third-order valence-electron chi connectivity index (χ3n) is 3.10. The number of fused-ring (bicyclic) bond motifs is 1. The molecule has 2 N–H and O–H groups in total. The maximum atomic E-state index is 12.0. The SMILES string of the molecule is CCc1nc2c(cc1C)C(=O)C(N)=C(C)C2=O. The summed E-state index contributed by atoms with van der Waals surface area (Å²) in [5, 5.41) is 0. The minimum absolute atomic E-state index is 0.0351. The summed E-state index contributed by atoms with van der Waals surface area (Å²) in [6.45, 7) is 5.41. The van der Waals surface area contributed by atoms with Gasteiger partial charge in [0.05, 0.1) is 11.3 Å². The number of pyridine rings is 1. The quantitative estimate of drug-likeness (QED) is 0.794. The Morgan fingerprint density at radius 3 is 2.47 bits per heavy atom. The van der Waals surface area contributed by atoms with Crippen molar-refractivity contribution in [2.75, 3.05) is 0 Å². The maximum absolute atomic E-state index is 12.0. The van der Waals surface area contributed by atoms with Crippen LogP contribution in [0.4, 0.5) is 0 Å². The minimum atomic E-state index is -0.296. The van der Waals surface area contributed by atoms with Crippen molar-refractivity contribution in [3.8, 4) is 0 Å². The van der Waals surface area contributed by atoms with E-state index in [1.807, 2.05) is 13.8 Å².